The molecule has 0 spiro atoms. The van der Waals surface area contributed by atoms with Crippen LogP contribution in [0.1, 0.15) is 26.3 Å². The number of benzene rings is 1. The molecule has 1 aromatic carbocycles. The highest BCUT2D eigenvalue weighted by Gasteiger charge is 2.27. The Labute approximate surface area is 142 Å². The average molecular weight is 348 g/mol. The van der Waals surface area contributed by atoms with E-state index in [0.29, 0.717) is 10.7 Å². The zero-order chi connectivity index (χ0) is 16.2. The minimum Gasteiger partial charge on any atom is -0.346 e. The summed E-state index contributed by atoms with van der Waals surface area (Å²) in [6, 6.07) is 4.65. The lowest BCUT2D eigenvalue weighted by Gasteiger charge is -2.25. The number of amides is 2. The van der Waals surface area contributed by atoms with Gasteiger partial charge in [-0.05, 0) is 30.0 Å². The van der Waals surface area contributed by atoms with Crippen LogP contribution < -0.4 is 16.4 Å². The number of aryl methyl sites for hydroxylation is 1. The Balaban J connectivity index is 0.00000441. The quantitative estimate of drug-likeness (QED) is 0.782. The molecule has 1 rings (SSSR count). The van der Waals surface area contributed by atoms with Crippen LogP contribution in [0.3, 0.4) is 0 Å². The smallest absolute Gasteiger partial charge is 0.243 e. The van der Waals surface area contributed by atoms with Crippen molar-refractivity contribution in [1.82, 2.24) is 5.32 Å². The van der Waals surface area contributed by atoms with E-state index >= 15 is 0 Å². The van der Waals surface area contributed by atoms with Crippen LogP contribution in [0, 0.1) is 12.3 Å². The fraction of sp³-hybridized carbons (Fsp3) is 0.467. The van der Waals surface area contributed by atoms with Gasteiger partial charge in [-0.15, -0.1) is 12.4 Å². The second-order valence-electron chi connectivity index (χ2n) is 6.09. The van der Waals surface area contributed by atoms with Crippen molar-refractivity contribution in [2.75, 3.05) is 11.9 Å². The lowest BCUT2D eigenvalue weighted by molar-refractivity contribution is -0.126. The molecule has 0 heterocycles. The molecule has 0 unspecified atom stereocenters. The van der Waals surface area contributed by atoms with E-state index in [4.69, 9.17) is 17.3 Å². The van der Waals surface area contributed by atoms with Gasteiger partial charge in [-0.1, -0.05) is 38.4 Å². The molecule has 0 aliphatic rings. The molecule has 0 aromatic heterocycles. The van der Waals surface area contributed by atoms with Crippen molar-refractivity contribution in [3.05, 3.63) is 28.8 Å². The number of carbonyl (C=O) groups excluding carboxylic acids is 2. The number of anilines is 1. The fourth-order valence-corrected chi connectivity index (χ4v) is 1.87. The van der Waals surface area contributed by atoms with Crippen molar-refractivity contribution < 1.29 is 9.59 Å². The molecular formula is C15H23Cl2N3O2. The standard InChI is InChI=1S/C15H22ClN3O2.ClH/c1-9-5-6-11(10(16)7-9)19-12(20)8-18-14(21)13(17)15(2,3)4;/h5-7,13H,8,17H2,1-4H3,(H,18,21)(H,19,20);1H/t13-;/m1./s1. The van der Waals surface area contributed by atoms with Crippen molar-refractivity contribution in [1.29, 1.82) is 0 Å². The van der Waals surface area contributed by atoms with Gasteiger partial charge in [0, 0.05) is 0 Å². The van der Waals surface area contributed by atoms with Gasteiger partial charge in [0.15, 0.2) is 0 Å². The molecule has 0 saturated heterocycles. The number of rotatable bonds is 4. The molecule has 2 amide bonds. The first-order valence-electron chi connectivity index (χ1n) is 6.70. The first kappa shape index (κ1) is 20.7. The summed E-state index contributed by atoms with van der Waals surface area (Å²) >= 11 is 6.02. The molecule has 124 valence electrons. The van der Waals surface area contributed by atoms with Crippen LogP contribution in [0.4, 0.5) is 5.69 Å². The summed E-state index contributed by atoms with van der Waals surface area (Å²) in [6.07, 6.45) is 0. The van der Waals surface area contributed by atoms with Crippen LogP contribution in [-0.4, -0.2) is 24.4 Å². The molecule has 0 bridgehead atoms. The van der Waals surface area contributed by atoms with Crippen LogP contribution >= 0.6 is 24.0 Å². The topological polar surface area (TPSA) is 84.2 Å². The molecule has 0 saturated carbocycles. The zero-order valence-electron chi connectivity index (χ0n) is 13.2. The van der Waals surface area contributed by atoms with Crippen molar-refractivity contribution in [2.24, 2.45) is 11.1 Å². The summed E-state index contributed by atoms with van der Waals surface area (Å²) < 4.78 is 0. The van der Waals surface area contributed by atoms with Crippen LogP contribution in [0.15, 0.2) is 18.2 Å². The number of hydrogen-bond acceptors (Lipinski definition) is 3. The molecule has 4 N–H and O–H groups in total. The highest BCUT2D eigenvalue weighted by molar-refractivity contribution is 6.33. The van der Waals surface area contributed by atoms with Crippen LogP contribution in [0.25, 0.3) is 0 Å². The SMILES string of the molecule is Cc1ccc(NC(=O)CNC(=O)[C@@H](N)C(C)(C)C)c(Cl)c1.Cl. The fourth-order valence-electron chi connectivity index (χ4n) is 1.59. The Morgan fingerprint density at radius 2 is 1.91 bits per heavy atom. The largest absolute Gasteiger partial charge is 0.346 e. The van der Waals surface area contributed by atoms with Crippen LogP contribution in [-0.2, 0) is 9.59 Å². The third-order valence-corrected chi connectivity index (χ3v) is 3.35. The summed E-state index contributed by atoms with van der Waals surface area (Å²) in [4.78, 5) is 23.6. The summed E-state index contributed by atoms with van der Waals surface area (Å²) in [5.74, 6) is -0.706. The molecule has 5 nitrogen and oxygen atoms in total. The zero-order valence-corrected chi connectivity index (χ0v) is 14.8. The van der Waals surface area contributed by atoms with E-state index in [0.717, 1.165) is 5.56 Å². The number of nitrogens with two attached hydrogens (primary N) is 1. The third-order valence-electron chi connectivity index (χ3n) is 3.04. The highest BCUT2D eigenvalue weighted by atomic mass is 35.5. The van der Waals surface area contributed by atoms with E-state index in [2.05, 4.69) is 10.6 Å². The van der Waals surface area contributed by atoms with Gasteiger partial charge >= 0.3 is 0 Å². The van der Waals surface area contributed by atoms with E-state index in [-0.39, 0.29) is 36.2 Å². The lowest BCUT2D eigenvalue weighted by Crippen LogP contribution is -2.50. The minimum atomic E-state index is -0.673. The van der Waals surface area contributed by atoms with Gasteiger partial charge in [-0.2, -0.15) is 0 Å². The van der Waals surface area contributed by atoms with Gasteiger partial charge < -0.3 is 16.4 Å². The van der Waals surface area contributed by atoms with Crippen molar-refractivity contribution >= 4 is 41.5 Å². The van der Waals surface area contributed by atoms with Crippen LogP contribution in [0.2, 0.25) is 5.02 Å². The maximum atomic E-state index is 11.8. The molecule has 7 heteroatoms. The molecule has 1 atom stereocenters. The van der Waals surface area contributed by atoms with Gasteiger partial charge in [0.2, 0.25) is 11.8 Å². The molecule has 0 radical (unpaired) electrons. The lowest BCUT2D eigenvalue weighted by atomic mass is 9.87. The second-order valence-corrected chi connectivity index (χ2v) is 6.50. The highest BCUT2D eigenvalue weighted by Crippen LogP contribution is 2.22. The summed E-state index contributed by atoms with van der Waals surface area (Å²) in [5, 5.41) is 5.62. The minimum absolute atomic E-state index is 0. The Morgan fingerprint density at radius 1 is 1.32 bits per heavy atom. The second kappa shape index (κ2) is 8.36. The maximum Gasteiger partial charge on any atom is 0.243 e. The first-order valence-corrected chi connectivity index (χ1v) is 7.08. The maximum absolute atomic E-state index is 11.8. The van der Waals surface area contributed by atoms with Crippen molar-refractivity contribution in [3.8, 4) is 0 Å². The summed E-state index contributed by atoms with van der Waals surface area (Å²) in [5.41, 5.74) is 6.97. The first-order chi connectivity index (χ1) is 9.61. The van der Waals surface area contributed by atoms with E-state index in [1.807, 2.05) is 33.8 Å². The average Bonchev–Trinajstić information content (AvgIpc) is 2.37. The van der Waals surface area contributed by atoms with Gasteiger partial charge in [0.1, 0.15) is 0 Å². The Bertz CT molecular complexity index is 542. The Kier molecular flexibility index (Phi) is 7.87. The number of carbonyl (C=O) groups is 2. The predicted molar refractivity (Wildman–Crippen MR) is 92.5 cm³/mol. The molecule has 22 heavy (non-hydrogen) atoms. The number of nitrogens with one attached hydrogen (secondary N) is 2. The predicted octanol–water partition coefficient (Wildman–Crippen LogP) is 2.50. The van der Waals surface area contributed by atoms with E-state index in [1.54, 1.807) is 12.1 Å². The summed E-state index contributed by atoms with van der Waals surface area (Å²) in [7, 11) is 0. The molecule has 0 aliphatic carbocycles. The van der Waals surface area contributed by atoms with Gasteiger partial charge in [-0.3, -0.25) is 9.59 Å². The van der Waals surface area contributed by atoms with E-state index in [1.165, 1.54) is 0 Å². The molecule has 0 aliphatic heterocycles. The van der Waals surface area contributed by atoms with E-state index < -0.39 is 6.04 Å². The van der Waals surface area contributed by atoms with E-state index in [9.17, 15) is 9.59 Å². The van der Waals surface area contributed by atoms with Crippen molar-refractivity contribution in [2.45, 2.75) is 33.7 Å². The Hall–Kier alpha value is -1.30. The molecule has 1 aromatic rings. The number of halogens is 2. The normalized spacial score (nSPS) is 12.1. The molecular weight excluding hydrogens is 325 g/mol. The van der Waals surface area contributed by atoms with Crippen molar-refractivity contribution in [3.63, 3.8) is 0 Å². The number of hydrogen-bond donors (Lipinski definition) is 3. The Morgan fingerprint density at radius 3 is 2.41 bits per heavy atom. The molecule has 0 fully saturated rings. The van der Waals surface area contributed by atoms with Crippen LogP contribution in [0.5, 0.6) is 0 Å². The third kappa shape index (κ3) is 6.22. The van der Waals surface area contributed by atoms with Gasteiger partial charge in [0.05, 0.1) is 23.3 Å². The summed E-state index contributed by atoms with van der Waals surface area (Å²) in [6.45, 7) is 7.36. The van der Waals surface area contributed by atoms with Gasteiger partial charge in [0.25, 0.3) is 0 Å². The monoisotopic (exact) mass is 347 g/mol. The van der Waals surface area contributed by atoms with Gasteiger partial charge in [-0.25, -0.2) is 0 Å².